The van der Waals surface area contributed by atoms with Crippen molar-refractivity contribution in [2.24, 2.45) is 5.10 Å². The highest BCUT2D eigenvalue weighted by atomic mass is 35.5. The van der Waals surface area contributed by atoms with Gasteiger partial charge in [0.2, 0.25) is 5.95 Å². The van der Waals surface area contributed by atoms with Crippen LogP contribution >= 0.6 is 11.6 Å². The van der Waals surface area contributed by atoms with Crippen molar-refractivity contribution in [2.75, 3.05) is 5.73 Å². The number of benzene rings is 2. The number of nitrogens with two attached hydrogens (primary N) is 1. The van der Waals surface area contributed by atoms with Gasteiger partial charge in [0, 0.05) is 10.6 Å². The summed E-state index contributed by atoms with van der Waals surface area (Å²) in [6.07, 6.45) is 3.51. The fourth-order valence-corrected chi connectivity index (χ4v) is 2.03. The molecule has 0 aliphatic carbocycles. The molecule has 0 unspecified atom stereocenters. The molecule has 3 aromatic rings. The molecular weight excluding hydrogens is 284 g/mol. The number of imidazole rings is 1. The molecule has 0 bridgehead atoms. The van der Waals surface area contributed by atoms with E-state index in [1.807, 2.05) is 54.6 Å². The van der Waals surface area contributed by atoms with Gasteiger partial charge in [-0.05, 0) is 17.7 Å². The molecule has 0 spiro atoms. The molecule has 1 aromatic heterocycles. The van der Waals surface area contributed by atoms with E-state index in [4.69, 9.17) is 17.3 Å². The average molecular weight is 297 g/mol. The molecule has 2 N–H and O–H groups in total. The summed E-state index contributed by atoms with van der Waals surface area (Å²) in [6.45, 7) is 0. The fraction of sp³-hybridized carbons (Fsp3) is 0. The van der Waals surface area contributed by atoms with E-state index in [-0.39, 0.29) is 0 Å². The molecule has 1 heterocycles. The molecular formula is C16H13ClN4. The maximum absolute atomic E-state index is 5.88. The van der Waals surface area contributed by atoms with Gasteiger partial charge in [-0.1, -0.05) is 54.1 Å². The number of hydrogen-bond donors (Lipinski definition) is 1. The molecule has 0 saturated carbocycles. The normalized spacial score (nSPS) is 11.1. The molecule has 0 fully saturated rings. The van der Waals surface area contributed by atoms with E-state index >= 15 is 0 Å². The van der Waals surface area contributed by atoms with Crippen LogP contribution in [0.4, 0.5) is 5.95 Å². The van der Waals surface area contributed by atoms with E-state index in [0.29, 0.717) is 11.0 Å². The lowest BCUT2D eigenvalue weighted by molar-refractivity contribution is 0.898. The summed E-state index contributed by atoms with van der Waals surface area (Å²) in [6, 6.07) is 17.2. The first-order valence-corrected chi connectivity index (χ1v) is 6.80. The van der Waals surface area contributed by atoms with Gasteiger partial charge < -0.3 is 5.73 Å². The van der Waals surface area contributed by atoms with Crippen LogP contribution in [0.15, 0.2) is 65.9 Å². The molecule has 104 valence electrons. The smallest absolute Gasteiger partial charge is 0.221 e. The van der Waals surface area contributed by atoms with Gasteiger partial charge in [0.1, 0.15) is 0 Å². The maximum atomic E-state index is 5.88. The Kier molecular flexibility index (Phi) is 3.71. The summed E-state index contributed by atoms with van der Waals surface area (Å²) in [5, 5.41) is 5.01. The minimum atomic E-state index is 0.346. The molecule has 0 radical (unpaired) electrons. The van der Waals surface area contributed by atoms with Gasteiger partial charge in [-0.2, -0.15) is 5.10 Å². The quantitative estimate of drug-likeness (QED) is 0.750. The van der Waals surface area contributed by atoms with Crippen LogP contribution < -0.4 is 5.73 Å². The van der Waals surface area contributed by atoms with Gasteiger partial charge in [-0.25, -0.2) is 9.66 Å². The van der Waals surface area contributed by atoms with Gasteiger partial charge in [-0.3, -0.25) is 0 Å². The van der Waals surface area contributed by atoms with E-state index in [2.05, 4.69) is 10.1 Å². The molecule has 2 aromatic carbocycles. The Morgan fingerprint density at radius 2 is 1.76 bits per heavy atom. The highest BCUT2D eigenvalue weighted by molar-refractivity contribution is 6.30. The Morgan fingerprint density at radius 1 is 1.05 bits per heavy atom. The Labute approximate surface area is 127 Å². The first kappa shape index (κ1) is 13.4. The predicted octanol–water partition coefficient (Wildman–Crippen LogP) is 3.67. The Bertz CT molecular complexity index is 761. The second-order valence-electron chi connectivity index (χ2n) is 4.49. The van der Waals surface area contributed by atoms with Crippen LogP contribution in [0.3, 0.4) is 0 Å². The summed E-state index contributed by atoms with van der Waals surface area (Å²) >= 11 is 5.85. The van der Waals surface area contributed by atoms with E-state index in [1.165, 1.54) is 0 Å². The molecule has 0 amide bonds. The van der Waals surface area contributed by atoms with Gasteiger partial charge in [0.15, 0.2) is 0 Å². The number of rotatable bonds is 3. The third-order valence-corrected chi connectivity index (χ3v) is 3.24. The summed E-state index contributed by atoms with van der Waals surface area (Å²) in [5.41, 5.74) is 8.62. The first-order valence-electron chi connectivity index (χ1n) is 6.42. The van der Waals surface area contributed by atoms with Crippen LogP contribution in [0.2, 0.25) is 5.02 Å². The van der Waals surface area contributed by atoms with Crippen LogP contribution in [0.25, 0.3) is 11.3 Å². The van der Waals surface area contributed by atoms with Crippen LogP contribution in [-0.2, 0) is 0 Å². The number of nitrogen functional groups attached to an aromatic ring is 1. The number of nitrogens with zero attached hydrogens (tertiary/aromatic N) is 3. The van der Waals surface area contributed by atoms with Crippen LogP contribution in [0.5, 0.6) is 0 Å². The molecule has 5 heteroatoms. The lowest BCUT2D eigenvalue weighted by Crippen LogP contribution is -1.96. The summed E-state index contributed by atoms with van der Waals surface area (Å²) in [4.78, 5) is 4.31. The third-order valence-electron chi connectivity index (χ3n) is 2.99. The zero-order valence-electron chi connectivity index (χ0n) is 11.1. The molecule has 0 aliphatic heterocycles. The van der Waals surface area contributed by atoms with Gasteiger partial charge in [-0.15, -0.1) is 0 Å². The molecule has 3 rings (SSSR count). The van der Waals surface area contributed by atoms with Gasteiger partial charge in [0.25, 0.3) is 0 Å². The highest BCUT2D eigenvalue weighted by Crippen LogP contribution is 2.19. The number of hydrogen-bond acceptors (Lipinski definition) is 3. The van der Waals surface area contributed by atoms with Crippen molar-refractivity contribution in [3.63, 3.8) is 0 Å². The first-order chi connectivity index (χ1) is 10.2. The van der Waals surface area contributed by atoms with E-state index in [1.54, 1.807) is 17.1 Å². The zero-order chi connectivity index (χ0) is 14.7. The molecule has 0 saturated heterocycles. The summed E-state index contributed by atoms with van der Waals surface area (Å²) < 4.78 is 1.55. The standard InChI is InChI=1S/C16H13ClN4/c17-14-8-6-12(7-9-14)10-19-21-11-15(20-16(21)18)13-4-2-1-3-5-13/h1-11H,(H2,18,20)/b19-10-. The molecule has 21 heavy (non-hydrogen) atoms. The summed E-state index contributed by atoms with van der Waals surface area (Å²) in [5.74, 6) is 0.346. The third kappa shape index (κ3) is 3.12. The van der Waals surface area contributed by atoms with Crippen molar-refractivity contribution in [3.05, 3.63) is 71.4 Å². The fourth-order valence-electron chi connectivity index (χ4n) is 1.90. The van der Waals surface area contributed by atoms with Gasteiger partial charge in [0.05, 0.1) is 18.1 Å². The highest BCUT2D eigenvalue weighted by Gasteiger charge is 2.05. The van der Waals surface area contributed by atoms with Crippen LogP contribution in [0, 0.1) is 0 Å². The van der Waals surface area contributed by atoms with Crippen molar-refractivity contribution in [2.45, 2.75) is 0 Å². The number of aromatic nitrogens is 2. The topological polar surface area (TPSA) is 56.2 Å². The minimum absolute atomic E-state index is 0.346. The zero-order valence-corrected chi connectivity index (χ0v) is 11.9. The lowest BCUT2D eigenvalue weighted by Gasteiger charge is -1.96. The van der Waals surface area contributed by atoms with Crippen molar-refractivity contribution in [3.8, 4) is 11.3 Å². The SMILES string of the molecule is Nc1nc(-c2ccccc2)cn1/N=C\c1ccc(Cl)cc1. The average Bonchev–Trinajstić information content (AvgIpc) is 2.89. The maximum Gasteiger partial charge on any atom is 0.221 e. The summed E-state index contributed by atoms with van der Waals surface area (Å²) in [7, 11) is 0. The lowest BCUT2D eigenvalue weighted by atomic mass is 10.2. The van der Waals surface area contributed by atoms with Gasteiger partial charge >= 0.3 is 0 Å². The minimum Gasteiger partial charge on any atom is -0.368 e. The van der Waals surface area contributed by atoms with Crippen molar-refractivity contribution >= 4 is 23.8 Å². The Morgan fingerprint density at radius 3 is 2.48 bits per heavy atom. The second kappa shape index (κ2) is 5.81. The Hall–Kier alpha value is -2.59. The monoisotopic (exact) mass is 296 g/mol. The van der Waals surface area contributed by atoms with Crippen molar-refractivity contribution in [1.29, 1.82) is 0 Å². The Balaban J connectivity index is 1.86. The number of halogens is 1. The van der Waals surface area contributed by atoms with Crippen LogP contribution in [0.1, 0.15) is 5.56 Å². The van der Waals surface area contributed by atoms with Crippen LogP contribution in [-0.4, -0.2) is 15.9 Å². The van der Waals surface area contributed by atoms with Crippen molar-refractivity contribution < 1.29 is 0 Å². The molecule has 4 nitrogen and oxygen atoms in total. The second-order valence-corrected chi connectivity index (χ2v) is 4.93. The van der Waals surface area contributed by atoms with E-state index in [9.17, 15) is 0 Å². The van der Waals surface area contributed by atoms with E-state index < -0.39 is 0 Å². The van der Waals surface area contributed by atoms with E-state index in [0.717, 1.165) is 16.8 Å². The molecule has 0 aliphatic rings. The largest absolute Gasteiger partial charge is 0.368 e. The molecule has 0 atom stereocenters. The predicted molar refractivity (Wildman–Crippen MR) is 86.5 cm³/mol. The van der Waals surface area contributed by atoms with Crippen molar-refractivity contribution in [1.82, 2.24) is 9.66 Å². The number of anilines is 1.